The van der Waals surface area contributed by atoms with Crippen LogP contribution in [0, 0.1) is 0 Å². The molecule has 1 atom stereocenters. The van der Waals surface area contributed by atoms with E-state index in [1.807, 2.05) is 30.3 Å². The highest BCUT2D eigenvalue weighted by molar-refractivity contribution is 7.91. The van der Waals surface area contributed by atoms with Crippen LogP contribution in [0.15, 0.2) is 64.4 Å². The minimum absolute atomic E-state index is 0.355. The number of nitrogens with one attached hydrogen (secondary N) is 1. The van der Waals surface area contributed by atoms with Gasteiger partial charge in [-0.05, 0) is 24.3 Å². The molecule has 0 heterocycles. The molecule has 0 spiro atoms. The molecule has 2 aromatic rings. The predicted octanol–water partition coefficient (Wildman–Crippen LogP) is 2.65. The van der Waals surface area contributed by atoms with Crippen molar-refractivity contribution in [3.05, 3.63) is 54.6 Å². The summed E-state index contributed by atoms with van der Waals surface area (Å²) in [5, 5.41) is 3.10. The maximum absolute atomic E-state index is 12.0. The minimum atomic E-state index is -1.12. The highest BCUT2D eigenvalue weighted by Gasteiger charge is 2.13. The third-order valence-electron chi connectivity index (χ3n) is 2.36. The third kappa shape index (κ3) is 3.53. The van der Waals surface area contributed by atoms with E-state index < -0.39 is 11.2 Å². The molecular formula is C13H12NO2S2+. The Morgan fingerprint density at radius 3 is 2.33 bits per heavy atom. The highest BCUT2D eigenvalue weighted by atomic mass is 32.2. The zero-order valence-corrected chi connectivity index (χ0v) is 11.2. The van der Waals surface area contributed by atoms with Gasteiger partial charge in [0.05, 0.1) is 0 Å². The first-order valence-corrected chi connectivity index (χ1v) is 7.43. The van der Waals surface area contributed by atoms with Crippen LogP contribution in [0.5, 0.6) is 0 Å². The second-order valence-corrected chi connectivity index (χ2v) is 5.68. The molecule has 2 rings (SSSR count). The van der Waals surface area contributed by atoms with Gasteiger partial charge in [0.15, 0.2) is 10.8 Å². The first-order valence-electron chi connectivity index (χ1n) is 5.37. The van der Waals surface area contributed by atoms with Crippen molar-refractivity contribution < 1.29 is 8.76 Å². The lowest BCUT2D eigenvalue weighted by Crippen LogP contribution is -2.14. The molecule has 0 saturated heterocycles. The molecule has 0 aliphatic carbocycles. The van der Waals surface area contributed by atoms with Crippen molar-refractivity contribution in [2.24, 2.45) is 0 Å². The van der Waals surface area contributed by atoms with E-state index in [0.717, 1.165) is 10.6 Å². The van der Waals surface area contributed by atoms with Gasteiger partial charge in [0.25, 0.3) is 4.90 Å². The second kappa shape index (κ2) is 6.49. The summed E-state index contributed by atoms with van der Waals surface area (Å²) in [6.45, 7) is 0. The number of rotatable bonds is 5. The van der Waals surface area contributed by atoms with Crippen molar-refractivity contribution in [1.82, 2.24) is 0 Å². The van der Waals surface area contributed by atoms with Gasteiger partial charge in [0.2, 0.25) is 0 Å². The molecule has 0 aliphatic heterocycles. The van der Waals surface area contributed by atoms with Gasteiger partial charge in [-0.2, -0.15) is 0 Å². The molecule has 0 aromatic heterocycles. The number of hydrogen-bond donors (Lipinski definition) is 1. The van der Waals surface area contributed by atoms with Crippen LogP contribution in [0.2, 0.25) is 0 Å². The van der Waals surface area contributed by atoms with E-state index in [-0.39, 0.29) is 0 Å². The van der Waals surface area contributed by atoms with Gasteiger partial charge in [0.1, 0.15) is 0 Å². The first kappa shape index (κ1) is 13.0. The topological polar surface area (TPSA) is 52.2 Å². The molecule has 92 valence electrons. The second-order valence-electron chi connectivity index (χ2n) is 3.59. The van der Waals surface area contributed by atoms with Crippen LogP contribution in [0.1, 0.15) is 0 Å². The number of anilines is 1. The maximum Gasteiger partial charge on any atom is 0.505 e. The van der Waals surface area contributed by atoms with E-state index in [2.05, 4.69) is 5.32 Å². The first-order chi connectivity index (χ1) is 8.79. The van der Waals surface area contributed by atoms with Crippen LogP contribution >= 0.6 is 0 Å². The Hall–Kier alpha value is -1.43. The van der Waals surface area contributed by atoms with Gasteiger partial charge < -0.3 is 9.87 Å². The lowest BCUT2D eigenvalue weighted by atomic mass is 10.3. The van der Waals surface area contributed by atoms with Crippen molar-refractivity contribution in [3.8, 4) is 0 Å². The van der Waals surface area contributed by atoms with E-state index >= 15 is 0 Å². The molecule has 1 unspecified atom stereocenters. The van der Waals surface area contributed by atoms with Gasteiger partial charge in [0, 0.05) is 33.2 Å². The third-order valence-corrected chi connectivity index (χ3v) is 4.03. The Bertz CT molecular complexity index is 502. The van der Waals surface area contributed by atoms with Crippen molar-refractivity contribution in [2.75, 3.05) is 11.2 Å². The molecule has 3 nitrogen and oxygen atoms in total. The summed E-state index contributed by atoms with van der Waals surface area (Å²) in [5.41, 5.74) is 0.942. The van der Waals surface area contributed by atoms with E-state index in [4.69, 9.17) is 0 Å². The number of hydrogen-bond acceptors (Lipinski definition) is 3. The zero-order chi connectivity index (χ0) is 12.8. The van der Waals surface area contributed by atoms with Gasteiger partial charge in [-0.3, -0.25) is 0 Å². The Labute approximate surface area is 113 Å². The summed E-state index contributed by atoms with van der Waals surface area (Å²) >= 11 is -0.682. The minimum Gasteiger partial charge on any atom is -0.610 e. The van der Waals surface area contributed by atoms with Crippen LogP contribution in [0.25, 0.3) is 0 Å². The Morgan fingerprint density at radius 2 is 1.72 bits per heavy atom. The predicted molar refractivity (Wildman–Crippen MR) is 74.1 cm³/mol. The summed E-state index contributed by atoms with van der Waals surface area (Å²) in [6, 6.07) is 16.5. The van der Waals surface area contributed by atoms with Crippen molar-refractivity contribution >= 4 is 28.5 Å². The van der Waals surface area contributed by atoms with Gasteiger partial charge >= 0.3 is 11.7 Å². The fraction of sp³-hybridized carbons (Fsp3) is 0.0769. The lowest BCUT2D eigenvalue weighted by Gasteiger charge is -2.11. The molecule has 2 aromatic carbocycles. The standard InChI is InChI=1S/C13H12NO2S2/c15-17-12-6-8-13(9-7-12)18(16)10-14-11-4-2-1-3-5-11/h1-9,14H,10H2/q+1. The SMILES string of the molecule is O=[S+]c1ccc([S+]([O-])CNc2ccccc2)cc1. The van der Waals surface area contributed by atoms with E-state index in [0.29, 0.717) is 22.4 Å². The maximum atomic E-state index is 12.0. The normalized spacial score (nSPS) is 11.8. The molecule has 0 saturated carbocycles. The van der Waals surface area contributed by atoms with E-state index in [1.54, 1.807) is 24.3 Å². The molecule has 1 N–H and O–H groups in total. The Morgan fingerprint density at radius 1 is 1.06 bits per heavy atom. The smallest absolute Gasteiger partial charge is 0.505 e. The van der Waals surface area contributed by atoms with Crippen LogP contribution < -0.4 is 5.32 Å². The van der Waals surface area contributed by atoms with Crippen molar-refractivity contribution in [1.29, 1.82) is 0 Å². The summed E-state index contributed by atoms with van der Waals surface area (Å²) in [5.74, 6) is 0.355. The lowest BCUT2D eigenvalue weighted by molar-refractivity contribution is 0.596. The summed E-state index contributed by atoms with van der Waals surface area (Å²) in [6.07, 6.45) is 0. The monoisotopic (exact) mass is 278 g/mol. The summed E-state index contributed by atoms with van der Waals surface area (Å²) in [7, 11) is 0. The van der Waals surface area contributed by atoms with Gasteiger partial charge in [-0.25, -0.2) is 0 Å². The molecule has 18 heavy (non-hydrogen) atoms. The fourth-order valence-corrected chi connectivity index (χ4v) is 2.59. The average molecular weight is 278 g/mol. The quantitative estimate of drug-likeness (QED) is 0.855. The van der Waals surface area contributed by atoms with E-state index in [1.165, 1.54) is 0 Å². The van der Waals surface area contributed by atoms with Gasteiger partial charge in [-0.15, -0.1) is 0 Å². The molecule has 0 aliphatic rings. The Kier molecular flexibility index (Phi) is 4.69. The highest BCUT2D eigenvalue weighted by Crippen LogP contribution is 2.14. The number of para-hydroxylation sites is 1. The van der Waals surface area contributed by atoms with Gasteiger partial charge in [-0.1, -0.05) is 18.2 Å². The molecule has 0 amide bonds. The van der Waals surface area contributed by atoms with Crippen LogP contribution in [0.4, 0.5) is 5.69 Å². The molecule has 0 bridgehead atoms. The van der Waals surface area contributed by atoms with Crippen molar-refractivity contribution in [2.45, 2.75) is 9.79 Å². The summed E-state index contributed by atoms with van der Waals surface area (Å²) < 4.78 is 22.5. The molecular weight excluding hydrogens is 266 g/mol. The fourth-order valence-electron chi connectivity index (χ4n) is 1.44. The largest absolute Gasteiger partial charge is 0.610 e. The van der Waals surface area contributed by atoms with Crippen LogP contribution in [0.3, 0.4) is 0 Å². The Balaban J connectivity index is 1.94. The zero-order valence-electron chi connectivity index (χ0n) is 9.54. The average Bonchev–Trinajstić information content (AvgIpc) is 2.46. The molecule has 5 heteroatoms. The molecule has 0 radical (unpaired) electrons. The number of benzene rings is 2. The molecule has 0 fully saturated rings. The summed E-state index contributed by atoms with van der Waals surface area (Å²) in [4.78, 5) is 1.35. The van der Waals surface area contributed by atoms with Crippen LogP contribution in [-0.2, 0) is 27.1 Å². The van der Waals surface area contributed by atoms with E-state index in [9.17, 15) is 8.76 Å². The van der Waals surface area contributed by atoms with Crippen molar-refractivity contribution in [3.63, 3.8) is 0 Å². The van der Waals surface area contributed by atoms with Crippen LogP contribution in [-0.4, -0.2) is 10.4 Å².